The van der Waals surface area contributed by atoms with Crippen LogP contribution in [0.5, 0.6) is 0 Å². The number of amidine groups is 1. The van der Waals surface area contributed by atoms with Crippen molar-refractivity contribution in [1.29, 1.82) is 0 Å². The van der Waals surface area contributed by atoms with Crippen LogP contribution in [0.15, 0.2) is 59.7 Å². The lowest BCUT2D eigenvalue weighted by molar-refractivity contribution is -0.137. The van der Waals surface area contributed by atoms with Crippen LogP contribution < -0.4 is 21.7 Å². The molecule has 5 N–H and O–H groups in total. The van der Waals surface area contributed by atoms with Gasteiger partial charge in [0.2, 0.25) is 6.41 Å². The molecule has 1 aliphatic rings. The fraction of sp³-hybridized carbons (Fsp3) is 0.304. The molecule has 0 spiro atoms. The molecule has 0 saturated carbocycles. The van der Waals surface area contributed by atoms with E-state index in [4.69, 9.17) is 11.5 Å². The Hall–Kier alpha value is -3.49. The minimum absolute atomic E-state index is 0.0514. The number of nitrogens with one attached hydrogen (secondary N) is 1. The number of rotatable bonds is 5. The van der Waals surface area contributed by atoms with Gasteiger partial charge >= 0.3 is 6.18 Å². The zero-order valence-corrected chi connectivity index (χ0v) is 17.9. The van der Waals surface area contributed by atoms with Crippen molar-refractivity contribution in [2.45, 2.75) is 32.4 Å². The minimum Gasteiger partial charge on any atom is -0.399 e. The highest BCUT2D eigenvalue weighted by atomic mass is 19.4. The summed E-state index contributed by atoms with van der Waals surface area (Å²) in [5.74, 6) is -0.0514. The highest BCUT2D eigenvalue weighted by Crippen LogP contribution is 2.30. The molecule has 1 fully saturated rings. The molecule has 2 aromatic carbocycles. The lowest BCUT2D eigenvalue weighted by Gasteiger charge is -2.29. The number of nitrogens with two attached hydrogens (primary N) is 2. The summed E-state index contributed by atoms with van der Waals surface area (Å²) in [5, 5.41) is 2.59. The van der Waals surface area contributed by atoms with Crippen molar-refractivity contribution in [2.24, 2.45) is 10.7 Å². The third-order valence-electron chi connectivity index (χ3n) is 4.87. The number of aryl methyl sites for hydroxylation is 1. The van der Waals surface area contributed by atoms with Gasteiger partial charge in [0.15, 0.2) is 0 Å². The number of hydrogen-bond donors (Lipinski definition) is 3. The second kappa shape index (κ2) is 11.8. The number of benzene rings is 2. The molecule has 32 heavy (non-hydrogen) atoms. The molecular weight excluding hydrogens is 419 g/mol. The van der Waals surface area contributed by atoms with E-state index in [9.17, 15) is 18.0 Å². The van der Waals surface area contributed by atoms with Gasteiger partial charge in [-0.15, -0.1) is 0 Å². The van der Waals surface area contributed by atoms with E-state index < -0.39 is 11.7 Å². The van der Waals surface area contributed by atoms with Gasteiger partial charge in [-0.3, -0.25) is 4.79 Å². The molecule has 3 rings (SSSR count). The topological polar surface area (TPSA) is 96.7 Å². The summed E-state index contributed by atoms with van der Waals surface area (Å²) in [7, 11) is 0. The molecule has 9 heteroatoms. The number of hydrogen-bond acceptors (Lipinski definition) is 4. The Morgan fingerprint density at radius 1 is 1.12 bits per heavy atom. The van der Waals surface area contributed by atoms with Crippen molar-refractivity contribution < 1.29 is 18.0 Å². The summed E-state index contributed by atoms with van der Waals surface area (Å²) in [6.45, 7) is 4.47. The SMILES string of the molecule is Cc1cc(N2CCCCC2)ccc1N.NC(/C=C\Nc1cccc(C(F)(F)F)c1)=NC=O. The van der Waals surface area contributed by atoms with Crippen LogP contribution in [-0.2, 0) is 11.0 Å². The Bertz CT molecular complexity index is 951. The number of nitrogens with zero attached hydrogens (tertiary/aromatic N) is 2. The van der Waals surface area contributed by atoms with Gasteiger partial charge in [-0.25, -0.2) is 0 Å². The molecule has 6 nitrogen and oxygen atoms in total. The van der Waals surface area contributed by atoms with E-state index in [1.165, 1.54) is 68.0 Å². The zero-order valence-electron chi connectivity index (χ0n) is 17.9. The van der Waals surface area contributed by atoms with E-state index in [-0.39, 0.29) is 17.9 Å². The standard InChI is InChI=1S/C12H18N2.C11H10F3N3O/c1-10-9-11(5-6-12(10)13)14-7-3-2-4-8-14;12-11(13,14)8-2-1-3-9(6-8)16-5-4-10(15)17-7-18/h5-6,9H,2-4,7-8,13H2,1H3;1-7,16H,(H2,15,17,18)/b;5-4-. The molecule has 0 atom stereocenters. The monoisotopic (exact) mass is 447 g/mol. The van der Waals surface area contributed by atoms with Crippen molar-refractivity contribution >= 4 is 29.3 Å². The maximum Gasteiger partial charge on any atom is 0.416 e. The number of piperidine rings is 1. The first-order valence-corrected chi connectivity index (χ1v) is 10.2. The second-order valence-electron chi connectivity index (χ2n) is 7.30. The van der Waals surface area contributed by atoms with Crippen LogP contribution >= 0.6 is 0 Å². The van der Waals surface area contributed by atoms with Crippen LogP contribution in [0.3, 0.4) is 0 Å². The third-order valence-corrected chi connectivity index (χ3v) is 4.87. The summed E-state index contributed by atoms with van der Waals surface area (Å²) in [6.07, 6.45) is 2.45. The summed E-state index contributed by atoms with van der Waals surface area (Å²) >= 11 is 0. The van der Waals surface area contributed by atoms with E-state index in [1.807, 2.05) is 6.07 Å². The highest BCUT2D eigenvalue weighted by Gasteiger charge is 2.30. The number of halogens is 3. The van der Waals surface area contributed by atoms with E-state index >= 15 is 0 Å². The Labute approximate surface area is 185 Å². The van der Waals surface area contributed by atoms with Gasteiger partial charge in [0.1, 0.15) is 5.84 Å². The Balaban J connectivity index is 0.000000233. The van der Waals surface area contributed by atoms with Crippen LogP contribution in [0.2, 0.25) is 0 Å². The van der Waals surface area contributed by atoms with Crippen LogP contribution in [-0.4, -0.2) is 25.3 Å². The largest absolute Gasteiger partial charge is 0.416 e. The van der Waals surface area contributed by atoms with Gasteiger partial charge in [-0.1, -0.05) is 6.07 Å². The van der Waals surface area contributed by atoms with Crippen molar-refractivity contribution in [3.8, 4) is 0 Å². The quantitative estimate of drug-likeness (QED) is 0.267. The Kier molecular flexibility index (Phi) is 9.12. The molecule has 1 amide bonds. The van der Waals surface area contributed by atoms with Crippen LogP contribution in [0.1, 0.15) is 30.4 Å². The minimum atomic E-state index is -4.39. The number of nitrogen functional groups attached to an aromatic ring is 1. The molecule has 0 unspecified atom stereocenters. The van der Waals surface area contributed by atoms with Crippen LogP contribution in [0, 0.1) is 6.92 Å². The molecule has 2 aromatic rings. The number of anilines is 3. The van der Waals surface area contributed by atoms with Gasteiger partial charge < -0.3 is 21.7 Å². The lowest BCUT2D eigenvalue weighted by atomic mass is 10.1. The fourth-order valence-corrected chi connectivity index (χ4v) is 3.12. The average Bonchev–Trinajstić information content (AvgIpc) is 2.77. The predicted octanol–water partition coefficient (Wildman–Crippen LogP) is 4.71. The summed E-state index contributed by atoms with van der Waals surface area (Å²) in [4.78, 5) is 15.6. The number of carbonyl (C=O) groups excluding carboxylic acids is 1. The van der Waals surface area contributed by atoms with Crippen molar-refractivity contribution in [3.63, 3.8) is 0 Å². The molecule has 0 radical (unpaired) electrons. The first-order valence-electron chi connectivity index (χ1n) is 10.2. The van der Waals surface area contributed by atoms with Gasteiger partial charge in [-0.05, 0) is 74.2 Å². The summed E-state index contributed by atoms with van der Waals surface area (Å²) in [5.41, 5.74) is 14.0. The summed E-state index contributed by atoms with van der Waals surface area (Å²) in [6, 6.07) is 11.0. The molecule has 172 valence electrons. The molecular formula is C23H28F3N5O. The highest BCUT2D eigenvalue weighted by molar-refractivity contribution is 5.95. The van der Waals surface area contributed by atoms with Crippen molar-refractivity contribution in [1.82, 2.24) is 0 Å². The lowest BCUT2D eigenvalue weighted by Crippen LogP contribution is -2.29. The number of amides is 1. The first-order chi connectivity index (χ1) is 15.2. The number of carbonyl (C=O) groups is 1. The van der Waals surface area contributed by atoms with E-state index in [0.717, 1.165) is 17.8 Å². The van der Waals surface area contributed by atoms with Gasteiger partial charge in [0.25, 0.3) is 0 Å². The van der Waals surface area contributed by atoms with Crippen molar-refractivity contribution in [3.05, 3.63) is 65.9 Å². The second-order valence-corrected chi connectivity index (χ2v) is 7.30. The van der Waals surface area contributed by atoms with Gasteiger partial charge in [-0.2, -0.15) is 18.2 Å². The molecule has 0 aromatic heterocycles. The maximum atomic E-state index is 12.4. The van der Waals surface area contributed by atoms with Gasteiger partial charge in [0, 0.05) is 36.4 Å². The predicted molar refractivity (Wildman–Crippen MR) is 124 cm³/mol. The zero-order chi connectivity index (χ0) is 23.6. The Morgan fingerprint density at radius 2 is 1.84 bits per heavy atom. The van der Waals surface area contributed by atoms with Crippen LogP contribution in [0.25, 0.3) is 0 Å². The number of aliphatic imine (C=N–C) groups is 1. The first kappa shape index (κ1) is 24.8. The molecule has 1 saturated heterocycles. The number of alkyl halides is 3. The van der Waals surface area contributed by atoms with E-state index in [0.29, 0.717) is 0 Å². The smallest absolute Gasteiger partial charge is 0.399 e. The fourth-order valence-electron chi connectivity index (χ4n) is 3.12. The van der Waals surface area contributed by atoms with E-state index in [2.05, 4.69) is 34.3 Å². The van der Waals surface area contributed by atoms with Crippen LogP contribution in [0.4, 0.5) is 30.2 Å². The third kappa shape index (κ3) is 7.98. The average molecular weight is 448 g/mol. The summed E-state index contributed by atoms with van der Waals surface area (Å²) < 4.78 is 37.2. The Morgan fingerprint density at radius 3 is 2.47 bits per heavy atom. The molecule has 1 aliphatic heterocycles. The van der Waals surface area contributed by atoms with E-state index in [1.54, 1.807) is 0 Å². The normalized spacial score (nSPS) is 14.6. The van der Waals surface area contributed by atoms with Crippen molar-refractivity contribution in [2.75, 3.05) is 29.0 Å². The van der Waals surface area contributed by atoms with Gasteiger partial charge in [0.05, 0.1) is 5.56 Å². The molecule has 1 heterocycles. The molecule has 0 bridgehead atoms. The molecule has 0 aliphatic carbocycles. The maximum absolute atomic E-state index is 12.4.